The summed E-state index contributed by atoms with van der Waals surface area (Å²) in [6.45, 7) is 0. The molecule has 0 spiro atoms. The van der Waals surface area contributed by atoms with Crippen LogP contribution in [0.4, 0.5) is 0 Å². The summed E-state index contributed by atoms with van der Waals surface area (Å²) >= 11 is 5.86. The van der Waals surface area contributed by atoms with E-state index in [1.54, 1.807) is 18.3 Å². The monoisotopic (exact) mass is 284 g/mol. The molecule has 102 valence electrons. The molecule has 2 aromatic rings. The molecule has 5 N–H and O–H groups in total. The van der Waals surface area contributed by atoms with Gasteiger partial charge in [-0.2, -0.15) is 0 Å². The first kappa shape index (κ1) is 15.0. The molecule has 0 saturated heterocycles. The van der Waals surface area contributed by atoms with Crippen LogP contribution in [0, 0.1) is 0 Å². The Kier molecular flexibility index (Phi) is 4.91. The number of hydrogen-bond acceptors (Lipinski definition) is 2. The highest BCUT2D eigenvalue weighted by atomic mass is 35.5. The largest absolute Gasteiger partial charge is 0.480 e. The lowest BCUT2D eigenvalue weighted by Crippen LogP contribution is -2.37. The number of nitrogens with one attached hydrogen (secondary N) is 2. The summed E-state index contributed by atoms with van der Waals surface area (Å²) in [7, 11) is 0. The van der Waals surface area contributed by atoms with E-state index in [0.717, 1.165) is 16.5 Å². The molecule has 0 aliphatic carbocycles. The minimum Gasteiger partial charge on any atom is -0.480 e. The van der Waals surface area contributed by atoms with Gasteiger partial charge in [-0.25, -0.2) is 4.79 Å². The van der Waals surface area contributed by atoms with E-state index in [2.05, 4.69) is 10.3 Å². The van der Waals surface area contributed by atoms with Crippen molar-refractivity contribution in [3.05, 3.63) is 35.0 Å². The molecule has 1 aromatic carbocycles. The van der Waals surface area contributed by atoms with Crippen molar-refractivity contribution in [3.63, 3.8) is 0 Å². The zero-order chi connectivity index (χ0) is 13.1. The van der Waals surface area contributed by atoms with Crippen molar-refractivity contribution in [3.8, 4) is 0 Å². The Bertz CT molecular complexity index is 596. The number of aromatic amines is 1. The Hall–Kier alpha value is -2.05. The summed E-state index contributed by atoms with van der Waals surface area (Å²) in [6.07, 6.45) is 2.34. The maximum atomic E-state index is 11.0. The van der Waals surface area contributed by atoms with Crippen molar-refractivity contribution in [1.82, 2.24) is 10.3 Å². The van der Waals surface area contributed by atoms with Crippen LogP contribution in [0.15, 0.2) is 24.4 Å². The maximum absolute atomic E-state index is 11.0. The van der Waals surface area contributed by atoms with Crippen molar-refractivity contribution < 1.29 is 20.2 Å². The number of aromatic nitrogens is 1. The van der Waals surface area contributed by atoms with Crippen LogP contribution >= 0.6 is 11.6 Å². The van der Waals surface area contributed by atoms with Gasteiger partial charge in [0, 0.05) is 28.5 Å². The van der Waals surface area contributed by atoms with Crippen LogP contribution in [-0.4, -0.2) is 34.0 Å². The second-order valence-corrected chi connectivity index (χ2v) is 4.32. The molecule has 7 heteroatoms. The quantitative estimate of drug-likeness (QED) is 0.703. The van der Waals surface area contributed by atoms with Gasteiger partial charge in [0.25, 0.3) is 0 Å². The van der Waals surface area contributed by atoms with Crippen molar-refractivity contribution in [2.45, 2.75) is 12.5 Å². The highest BCUT2D eigenvalue weighted by Crippen LogP contribution is 2.22. The number of halogens is 1. The molecule has 6 nitrogen and oxygen atoms in total. The molecule has 1 unspecified atom stereocenters. The lowest BCUT2D eigenvalue weighted by Gasteiger charge is -2.10. The van der Waals surface area contributed by atoms with E-state index in [1.807, 2.05) is 6.07 Å². The van der Waals surface area contributed by atoms with Gasteiger partial charge in [0.1, 0.15) is 6.04 Å². The molecule has 2 rings (SSSR count). The fraction of sp³-hybridized carbons (Fsp3) is 0.167. The highest BCUT2D eigenvalue weighted by Gasteiger charge is 2.18. The number of amides is 1. The third-order valence-corrected chi connectivity index (χ3v) is 2.96. The van der Waals surface area contributed by atoms with E-state index in [1.165, 1.54) is 0 Å². The van der Waals surface area contributed by atoms with Crippen molar-refractivity contribution >= 4 is 34.9 Å². The lowest BCUT2D eigenvalue weighted by molar-refractivity contribution is -0.140. The van der Waals surface area contributed by atoms with Gasteiger partial charge in [-0.05, 0) is 17.7 Å². The van der Waals surface area contributed by atoms with Gasteiger partial charge in [0.05, 0.1) is 0 Å². The van der Waals surface area contributed by atoms with Gasteiger partial charge in [0.2, 0.25) is 6.41 Å². The van der Waals surface area contributed by atoms with E-state index in [-0.39, 0.29) is 11.9 Å². The summed E-state index contributed by atoms with van der Waals surface area (Å²) in [5.74, 6) is -1.06. The van der Waals surface area contributed by atoms with Gasteiger partial charge in [-0.3, -0.25) is 4.79 Å². The fourth-order valence-corrected chi connectivity index (χ4v) is 2.02. The number of rotatable bonds is 5. The normalized spacial score (nSPS) is 11.6. The van der Waals surface area contributed by atoms with Crippen LogP contribution in [0.25, 0.3) is 10.9 Å². The molecule has 1 aromatic heterocycles. The van der Waals surface area contributed by atoms with E-state index in [9.17, 15) is 9.59 Å². The number of H-pyrrole nitrogens is 1. The van der Waals surface area contributed by atoms with E-state index in [4.69, 9.17) is 16.7 Å². The molecular formula is C12H13ClN2O4. The Morgan fingerprint density at radius 2 is 2.26 bits per heavy atom. The van der Waals surface area contributed by atoms with Gasteiger partial charge in [0.15, 0.2) is 0 Å². The van der Waals surface area contributed by atoms with Crippen LogP contribution in [0.5, 0.6) is 0 Å². The van der Waals surface area contributed by atoms with Crippen molar-refractivity contribution in [1.29, 1.82) is 0 Å². The summed E-state index contributed by atoms with van der Waals surface area (Å²) in [5.41, 5.74) is 1.66. The van der Waals surface area contributed by atoms with E-state index < -0.39 is 12.0 Å². The molecule has 0 radical (unpaired) electrons. The third kappa shape index (κ3) is 3.24. The van der Waals surface area contributed by atoms with Gasteiger partial charge in [-0.1, -0.05) is 17.7 Å². The smallest absolute Gasteiger partial charge is 0.326 e. The average molecular weight is 285 g/mol. The van der Waals surface area contributed by atoms with Crippen LogP contribution in [0.3, 0.4) is 0 Å². The molecule has 0 saturated carbocycles. The van der Waals surface area contributed by atoms with Crippen LogP contribution in [0.1, 0.15) is 5.56 Å². The molecule has 1 heterocycles. The summed E-state index contributed by atoms with van der Waals surface area (Å²) in [5, 5.41) is 12.8. The van der Waals surface area contributed by atoms with Crippen molar-refractivity contribution in [2.75, 3.05) is 0 Å². The Labute approximate surface area is 113 Å². The Morgan fingerprint density at radius 3 is 2.89 bits per heavy atom. The molecular weight excluding hydrogens is 272 g/mol. The first-order valence-corrected chi connectivity index (χ1v) is 5.67. The average Bonchev–Trinajstić information content (AvgIpc) is 2.71. The second kappa shape index (κ2) is 6.21. The molecule has 0 fully saturated rings. The maximum Gasteiger partial charge on any atom is 0.326 e. The zero-order valence-corrected chi connectivity index (χ0v) is 10.6. The molecule has 0 bridgehead atoms. The number of carboxylic acids is 1. The number of carboxylic acid groups (broad SMARTS) is 1. The molecule has 1 atom stereocenters. The minimum atomic E-state index is -1.06. The molecule has 0 aliphatic heterocycles. The number of carbonyl (C=O) groups is 2. The number of fused-ring (bicyclic) bond motifs is 1. The van der Waals surface area contributed by atoms with Gasteiger partial charge < -0.3 is 20.9 Å². The van der Waals surface area contributed by atoms with Crippen molar-refractivity contribution in [2.24, 2.45) is 0 Å². The Morgan fingerprint density at radius 1 is 1.53 bits per heavy atom. The van der Waals surface area contributed by atoms with E-state index in [0.29, 0.717) is 11.4 Å². The van der Waals surface area contributed by atoms with Crippen LogP contribution in [-0.2, 0) is 16.0 Å². The molecule has 0 aliphatic rings. The van der Waals surface area contributed by atoms with Crippen LogP contribution < -0.4 is 5.32 Å². The number of hydrogen-bond donors (Lipinski definition) is 3. The summed E-state index contributed by atoms with van der Waals surface area (Å²) in [6, 6.07) is 4.40. The summed E-state index contributed by atoms with van der Waals surface area (Å²) in [4.78, 5) is 24.3. The zero-order valence-electron chi connectivity index (χ0n) is 9.81. The first-order chi connectivity index (χ1) is 8.61. The fourth-order valence-electron chi connectivity index (χ4n) is 1.85. The van der Waals surface area contributed by atoms with Crippen LogP contribution in [0.2, 0.25) is 5.02 Å². The number of benzene rings is 1. The Balaban J connectivity index is 0.00000180. The predicted octanol–water partition coefficient (Wildman–Crippen LogP) is 0.738. The third-order valence-electron chi connectivity index (χ3n) is 2.72. The number of carbonyl (C=O) groups excluding carboxylic acids is 1. The summed E-state index contributed by atoms with van der Waals surface area (Å²) < 4.78 is 0. The molecule has 1 amide bonds. The minimum absolute atomic E-state index is 0. The van der Waals surface area contributed by atoms with Gasteiger partial charge >= 0.3 is 5.97 Å². The standard InChI is InChI=1S/C12H11ClN2O3.H2O/c13-8-1-2-9-7(5-14-10(9)4-8)3-11(12(17)18)15-6-16;/h1-2,4-6,11,14H,3H2,(H,15,16)(H,17,18);1H2. The predicted molar refractivity (Wildman–Crippen MR) is 71.3 cm³/mol. The van der Waals surface area contributed by atoms with Gasteiger partial charge in [-0.15, -0.1) is 0 Å². The highest BCUT2D eigenvalue weighted by molar-refractivity contribution is 6.31. The first-order valence-electron chi connectivity index (χ1n) is 5.30. The van der Waals surface area contributed by atoms with E-state index >= 15 is 0 Å². The second-order valence-electron chi connectivity index (χ2n) is 3.88. The number of aliphatic carboxylic acids is 1. The SMILES string of the molecule is O.O=CNC(Cc1c[nH]c2cc(Cl)ccc12)C(=O)O. The topological polar surface area (TPSA) is 114 Å². The molecule has 19 heavy (non-hydrogen) atoms. The lowest BCUT2D eigenvalue weighted by atomic mass is 10.1.